The van der Waals surface area contributed by atoms with E-state index >= 15 is 0 Å². The van der Waals surface area contributed by atoms with Gasteiger partial charge < -0.3 is 21.5 Å². The molecule has 5 nitrogen and oxygen atoms in total. The molecule has 4 unspecified atom stereocenters. The van der Waals surface area contributed by atoms with E-state index in [1.807, 2.05) is 24.3 Å². The maximum Gasteiger partial charge on any atom is 0.229 e. The zero-order valence-corrected chi connectivity index (χ0v) is 12.1. The summed E-state index contributed by atoms with van der Waals surface area (Å²) >= 11 is 0. The molecule has 1 aromatic rings. The lowest BCUT2D eigenvalue weighted by molar-refractivity contribution is -0.121. The molecule has 0 aromatic heterocycles. The number of carbonyl (C=O) groups is 1. The Hall–Kier alpha value is -1.59. The van der Waals surface area contributed by atoms with Gasteiger partial charge in [-0.05, 0) is 55.4 Å². The molecule has 2 fully saturated rings. The molecule has 0 heterocycles. The van der Waals surface area contributed by atoms with E-state index in [0.29, 0.717) is 25.0 Å². The largest absolute Gasteiger partial charge is 0.492 e. The maximum atomic E-state index is 12.4. The minimum atomic E-state index is -0.0306. The Morgan fingerprint density at radius 1 is 1.24 bits per heavy atom. The number of fused-ring (bicyclic) bond motifs is 2. The Morgan fingerprint density at radius 3 is 2.57 bits per heavy atom. The van der Waals surface area contributed by atoms with Crippen LogP contribution < -0.4 is 21.5 Å². The number of hydrogen-bond acceptors (Lipinski definition) is 4. The van der Waals surface area contributed by atoms with Gasteiger partial charge in [-0.15, -0.1) is 0 Å². The van der Waals surface area contributed by atoms with Crippen molar-refractivity contribution in [3.8, 4) is 5.75 Å². The fourth-order valence-electron chi connectivity index (χ4n) is 3.76. The van der Waals surface area contributed by atoms with E-state index in [-0.39, 0.29) is 17.9 Å². The molecule has 5 heteroatoms. The summed E-state index contributed by atoms with van der Waals surface area (Å²) in [5, 5.41) is 2.98. The van der Waals surface area contributed by atoms with E-state index in [1.54, 1.807) is 0 Å². The highest BCUT2D eigenvalue weighted by Crippen LogP contribution is 2.47. The van der Waals surface area contributed by atoms with Gasteiger partial charge in [-0.3, -0.25) is 4.79 Å². The minimum Gasteiger partial charge on any atom is -0.492 e. The monoisotopic (exact) mass is 289 g/mol. The van der Waals surface area contributed by atoms with Crippen LogP contribution in [0, 0.1) is 17.8 Å². The van der Waals surface area contributed by atoms with Crippen LogP contribution in [0.1, 0.15) is 19.3 Å². The Kier molecular flexibility index (Phi) is 4.12. The molecule has 21 heavy (non-hydrogen) atoms. The normalized spacial score (nSPS) is 30.4. The number of benzene rings is 1. The number of rotatable bonds is 5. The first-order valence-electron chi connectivity index (χ1n) is 7.68. The van der Waals surface area contributed by atoms with Gasteiger partial charge in [-0.2, -0.15) is 0 Å². The number of carbonyl (C=O) groups excluding carboxylic acids is 1. The van der Waals surface area contributed by atoms with Crippen LogP contribution in [0.15, 0.2) is 24.3 Å². The molecule has 1 amide bonds. The minimum absolute atomic E-state index is 0.0240. The van der Waals surface area contributed by atoms with Crippen LogP contribution in [-0.4, -0.2) is 25.1 Å². The molecule has 0 radical (unpaired) electrons. The van der Waals surface area contributed by atoms with Gasteiger partial charge in [0.1, 0.15) is 12.4 Å². The van der Waals surface area contributed by atoms with Crippen molar-refractivity contribution in [3.63, 3.8) is 0 Å². The van der Waals surface area contributed by atoms with Crippen molar-refractivity contribution in [3.05, 3.63) is 24.3 Å². The predicted molar refractivity (Wildman–Crippen MR) is 81.9 cm³/mol. The van der Waals surface area contributed by atoms with Crippen molar-refractivity contribution in [2.45, 2.75) is 25.3 Å². The zero-order chi connectivity index (χ0) is 14.8. The van der Waals surface area contributed by atoms with E-state index in [1.165, 1.54) is 6.42 Å². The molecule has 2 bridgehead atoms. The van der Waals surface area contributed by atoms with Crippen molar-refractivity contribution in [1.29, 1.82) is 0 Å². The molecule has 2 aliphatic rings. The van der Waals surface area contributed by atoms with Gasteiger partial charge in [0.15, 0.2) is 0 Å². The van der Waals surface area contributed by atoms with Gasteiger partial charge >= 0.3 is 0 Å². The Balaban J connectivity index is 1.60. The average molecular weight is 289 g/mol. The van der Waals surface area contributed by atoms with Crippen molar-refractivity contribution >= 4 is 11.6 Å². The van der Waals surface area contributed by atoms with Crippen molar-refractivity contribution in [2.24, 2.45) is 29.2 Å². The molecular weight excluding hydrogens is 266 g/mol. The fraction of sp³-hybridized carbons (Fsp3) is 0.562. The smallest absolute Gasteiger partial charge is 0.229 e. The van der Waals surface area contributed by atoms with Crippen LogP contribution in [0.4, 0.5) is 5.69 Å². The molecule has 2 aliphatic carbocycles. The molecule has 0 aliphatic heterocycles. The molecule has 114 valence electrons. The Bertz CT molecular complexity index is 501. The Labute approximate surface area is 125 Å². The molecule has 0 saturated heterocycles. The van der Waals surface area contributed by atoms with E-state index in [0.717, 1.165) is 24.3 Å². The summed E-state index contributed by atoms with van der Waals surface area (Å²) in [6, 6.07) is 7.40. The van der Waals surface area contributed by atoms with E-state index in [2.05, 4.69) is 5.32 Å². The molecule has 0 spiro atoms. The lowest BCUT2D eigenvalue weighted by atomic mass is 9.84. The third-order valence-corrected chi connectivity index (χ3v) is 4.79. The first kappa shape index (κ1) is 14.4. The van der Waals surface area contributed by atoms with E-state index < -0.39 is 0 Å². The van der Waals surface area contributed by atoms with Gasteiger partial charge in [0.25, 0.3) is 0 Å². The molecule has 4 atom stereocenters. The van der Waals surface area contributed by atoms with Crippen LogP contribution >= 0.6 is 0 Å². The fourth-order valence-corrected chi connectivity index (χ4v) is 3.76. The highest BCUT2D eigenvalue weighted by Gasteiger charge is 2.49. The summed E-state index contributed by atoms with van der Waals surface area (Å²) in [6.45, 7) is 0.978. The molecule has 5 N–H and O–H groups in total. The van der Waals surface area contributed by atoms with Gasteiger partial charge in [-0.25, -0.2) is 0 Å². The lowest BCUT2D eigenvalue weighted by Crippen LogP contribution is -2.42. The third-order valence-electron chi connectivity index (χ3n) is 4.79. The summed E-state index contributed by atoms with van der Waals surface area (Å²) in [4.78, 5) is 12.4. The summed E-state index contributed by atoms with van der Waals surface area (Å²) < 4.78 is 5.41. The number of nitrogens with one attached hydrogen (secondary N) is 1. The summed E-state index contributed by atoms with van der Waals surface area (Å²) in [6.07, 6.45) is 3.44. The second kappa shape index (κ2) is 6.03. The van der Waals surface area contributed by atoms with Crippen LogP contribution in [-0.2, 0) is 4.79 Å². The number of nitrogens with two attached hydrogens (primary N) is 2. The van der Waals surface area contributed by atoms with Crippen LogP contribution in [0.25, 0.3) is 0 Å². The zero-order valence-electron chi connectivity index (χ0n) is 12.1. The van der Waals surface area contributed by atoms with Gasteiger partial charge in [-0.1, -0.05) is 0 Å². The molecular formula is C16H23N3O2. The number of ether oxygens (including phenoxy) is 1. The average Bonchev–Trinajstić information content (AvgIpc) is 3.07. The van der Waals surface area contributed by atoms with Crippen LogP contribution in [0.5, 0.6) is 5.75 Å². The topological polar surface area (TPSA) is 90.4 Å². The summed E-state index contributed by atoms with van der Waals surface area (Å²) in [5.74, 6) is 1.80. The Morgan fingerprint density at radius 2 is 1.95 bits per heavy atom. The molecule has 1 aromatic carbocycles. The molecule has 2 saturated carbocycles. The van der Waals surface area contributed by atoms with Crippen molar-refractivity contribution < 1.29 is 9.53 Å². The highest BCUT2D eigenvalue weighted by molar-refractivity contribution is 5.93. The maximum absolute atomic E-state index is 12.4. The van der Waals surface area contributed by atoms with Crippen LogP contribution in [0.2, 0.25) is 0 Å². The third kappa shape index (κ3) is 2.89. The lowest BCUT2D eigenvalue weighted by Gasteiger charge is -2.27. The first-order chi connectivity index (χ1) is 10.2. The quantitative estimate of drug-likeness (QED) is 0.763. The SMILES string of the molecule is NCCOc1ccc(NC(=O)C2C3CCC(C3)C2N)cc1. The summed E-state index contributed by atoms with van der Waals surface area (Å²) in [5.41, 5.74) is 12.4. The first-order valence-corrected chi connectivity index (χ1v) is 7.68. The van der Waals surface area contributed by atoms with Crippen molar-refractivity contribution in [2.75, 3.05) is 18.5 Å². The van der Waals surface area contributed by atoms with Gasteiger partial charge in [0.05, 0.1) is 5.92 Å². The van der Waals surface area contributed by atoms with Crippen LogP contribution in [0.3, 0.4) is 0 Å². The standard InChI is InChI=1S/C16H23N3O2/c17-7-8-21-13-5-3-12(4-6-13)19-16(20)14-10-1-2-11(9-10)15(14)18/h3-6,10-11,14-15H,1-2,7-9,17-18H2,(H,19,20). The highest BCUT2D eigenvalue weighted by atomic mass is 16.5. The number of hydrogen-bond donors (Lipinski definition) is 3. The summed E-state index contributed by atoms with van der Waals surface area (Å²) in [7, 11) is 0. The van der Waals surface area contributed by atoms with E-state index in [4.69, 9.17) is 16.2 Å². The van der Waals surface area contributed by atoms with Gasteiger partial charge in [0, 0.05) is 18.3 Å². The predicted octanol–water partition coefficient (Wildman–Crippen LogP) is 1.34. The number of anilines is 1. The molecule has 3 rings (SSSR count). The van der Waals surface area contributed by atoms with Gasteiger partial charge in [0.2, 0.25) is 5.91 Å². The van der Waals surface area contributed by atoms with E-state index in [9.17, 15) is 4.79 Å². The number of amides is 1. The second-order valence-corrected chi connectivity index (χ2v) is 6.09. The second-order valence-electron chi connectivity index (χ2n) is 6.09. The van der Waals surface area contributed by atoms with Crippen molar-refractivity contribution in [1.82, 2.24) is 0 Å².